The molecule has 20 heavy (non-hydrogen) atoms. The third kappa shape index (κ3) is 2.74. The summed E-state index contributed by atoms with van der Waals surface area (Å²) in [5.41, 5.74) is 5.18. The number of urea groups is 1. The average molecular weight is 267 g/mol. The smallest absolute Gasteiger partial charge is 0.323 e. The van der Waals surface area contributed by atoms with E-state index in [-0.39, 0.29) is 6.03 Å². The summed E-state index contributed by atoms with van der Waals surface area (Å²) in [5.74, 6) is 0. The maximum atomic E-state index is 11.9. The molecule has 4 heteroatoms. The standard InChI is InChI=1S/C16H17N3O/c1-11-2-4-13(5-3-11)18-16(20)19-14-6-7-15-12(10-14)8-9-17-15/h2-7,10,17H,8-9H2,1H3,(H2,18,19,20). The van der Waals surface area contributed by atoms with E-state index in [9.17, 15) is 4.79 Å². The van der Waals surface area contributed by atoms with Gasteiger partial charge in [-0.2, -0.15) is 0 Å². The second kappa shape index (κ2) is 5.25. The third-order valence-corrected chi connectivity index (χ3v) is 3.38. The molecule has 2 aromatic carbocycles. The normalized spacial score (nSPS) is 12.4. The van der Waals surface area contributed by atoms with E-state index in [1.807, 2.05) is 49.4 Å². The summed E-state index contributed by atoms with van der Waals surface area (Å²) in [5, 5.41) is 8.97. The molecule has 0 radical (unpaired) electrons. The molecule has 1 aliphatic rings. The molecule has 3 N–H and O–H groups in total. The van der Waals surface area contributed by atoms with Crippen LogP contribution < -0.4 is 16.0 Å². The Balaban J connectivity index is 1.65. The van der Waals surface area contributed by atoms with Crippen molar-refractivity contribution in [3.8, 4) is 0 Å². The number of benzene rings is 2. The van der Waals surface area contributed by atoms with Crippen molar-refractivity contribution in [2.75, 3.05) is 22.5 Å². The lowest BCUT2D eigenvalue weighted by molar-refractivity contribution is 0.262. The summed E-state index contributed by atoms with van der Waals surface area (Å²) in [4.78, 5) is 11.9. The Hall–Kier alpha value is -2.49. The zero-order valence-corrected chi connectivity index (χ0v) is 11.4. The van der Waals surface area contributed by atoms with E-state index in [1.165, 1.54) is 11.1 Å². The van der Waals surface area contributed by atoms with Gasteiger partial charge in [0.15, 0.2) is 0 Å². The highest BCUT2D eigenvalue weighted by atomic mass is 16.2. The Morgan fingerprint density at radius 3 is 2.55 bits per heavy atom. The van der Waals surface area contributed by atoms with Gasteiger partial charge in [0.25, 0.3) is 0 Å². The number of carbonyl (C=O) groups is 1. The first-order chi connectivity index (χ1) is 9.70. The Bertz CT molecular complexity index is 635. The summed E-state index contributed by atoms with van der Waals surface area (Å²) in [6.07, 6.45) is 1.00. The highest BCUT2D eigenvalue weighted by molar-refractivity contribution is 5.99. The number of carbonyl (C=O) groups excluding carboxylic acids is 1. The molecule has 1 heterocycles. The molecule has 1 aliphatic heterocycles. The number of fused-ring (bicyclic) bond motifs is 1. The Kier molecular flexibility index (Phi) is 3.29. The highest BCUT2D eigenvalue weighted by Gasteiger charge is 2.11. The van der Waals surface area contributed by atoms with Crippen molar-refractivity contribution in [1.29, 1.82) is 0 Å². The lowest BCUT2D eigenvalue weighted by Gasteiger charge is -2.09. The van der Waals surface area contributed by atoms with Crippen LogP contribution in [-0.4, -0.2) is 12.6 Å². The van der Waals surface area contributed by atoms with Crippen LogP contribution >= 0.6 is 0 Å². The predicted molar refractivity (Wildman–Crippen MR) is 82.5 cm³/mol. The first kappa shape index (κ1) is 12.5. The first-order valence-electron chi connectivity index (χ1n) is 6.72. The van der Waals surface area contributed by atoms with Crippen molar-refractivity contribution < 1.29 is 4.79 Å². The highest BCUT2D eigenvalue weighted by Crippen LogP contribution is 2.25. The van der Waals surface area contributed by atoms with Gasteiger partial charge in [-0.05, 0) is 49.2 Å². The summed E-state index contributed by atoms with van der Waals surface area (Å²) >= 11 is 0. The van der Waals surface area contributed by atoms with Crippen molar-refractivity contribution in [3.05, 3.63) is 53.6 Å². The fourth-order valence-electron chi connectivity index (χ4n) is 2.31. The quantitative estimate of drug-likeness (QED) is 0.778. The zero-order chi connectivity index (χ0) is 13.9. The first-order valence-corrected chi connectivity index (χ1v) is 6.72. The number of anilines is 3. The van der Waals surface area contributed by atoms with Gasteiger partial charge in [0.05, 0.1) is 0 Å². The van der Waals surface area contributed by atoms with Crippen LogP contribution in [0.2, 0.25) is 0 Å². The van der Waals surface area contributed by atoms with Gasteiger partial charge in [-0.1, -0.05) is 17.7 Å². The van der Waals surface area contributed by atoms with Crippen LogP contribution in [0.1, 0.15) is 11.1 Å². The minimum absolute atomic E-state index is 0.222. The third-order valence-electron chi connectivity index (χ3n) is 3.38. The SMILES string of the molecule is Cc1ccc(NC(=O)Nc2ccc3c(c2)CCN3)cc1. The Labute approximate surface area is 118 Å². The number of aryl methyl sites for hydroxylation is 1. The number of rotatable bonds is 2. The maximum absolute atomic E-state index is 11.9. The fourth-order valence-corrected chi connectivity index (χ4v) is 2.31. The molecule has 102 valence electrons. The van der Waals surface area contributed by atoms with Crippen molar-refractivity contribution in [1.82, 2.24) is 0 Å². The molecule has 0 saturated carbocycles. The molecular formula is C16H17N3O. The number of hydrogen-bond donors (Lipinski definition) is 3. The van der Waals surface area contributed by atoms with E-state index in [0.29, 0.717) is 0 Å². The van der Waals surface area contributed by atoms with Crippen molar-refractivity contribution in [3.63, 3.8) is 0 Å². The van der Waals surface area contributed by atoms with E-state index in [1.54, 1.807) is 0 Å². The van der Waals surface area contributed by atoms with Crippen molar-refractivity contribution in [2.45, 2.75) is 13.3 Å². The molecule has 0 aromatic heterocycles. The van der Waals surface area contributed by atoms with Gasteiger partial charge in [-0.15, -0.1) is 0 Å². The van der Waals surface area contributed by atoms with E-state index in [0.717, 1.165) is 30.0 Å². The lowest BCUT2D eigenvalue weighted by atomic mass is 10.1. The Morgan fingerprint density at radius 2 is 1.75 bits per heavy atom. The number of hydrogen-bond acceptors (Lipinski definition) is 2. The van der Waals surface area contributed by atoms with E-state index < -0.39 is 0 Å². The molecule has 0 spiro atoms. The molecule has 3 rings (SSSR count). The number of amides is 2. The molecule has 0 bridgehead atoms. The van der Waals surface area contributed by atoms with Crippen molar-refractivity contribution >= 4 is 23.1 Å². The van der Waals surface area contributed by atoms with Gasteiger partial charge in [-0.3, -0.25) is 0 Å². The molecule has 2 amide bonds. The van der Waals surface area contributed by atoms with Gasteiger partial charge in [0.1, 0.15) is 0 Å². The van der Waals surface area contributed by atoms with Gasteiger partial charge in [-0.25, -0.2) is 4.79 Å². The van der Waals surface area contributed by atoms with Crippen molar-refractivity contribution in [2.24, 2.45) is 0 Å². The van der Waals surface area contributed by atoms with Crippen LogP contribution in [0, 0.1) is 6.92 Å². The largest absolute Gasteiger partial charge is 0.384 e. The molecule has 4 nitrogen and oxygen atoms in total. The monoisotopic (exact) mass is 267 g/mol. The van der Waals surface area contributed by atoms with Crippen LogP contribution in [0.4, 0.5) is 21.9 Å². The van der Waals surface area contributed by atoms with Crippen LogP contribution in [0.15, 0.2) is 42.5 Å². The molecule has 0 aliphatic carbocycles. The van der Waals surface area contributed by atoms with Gasteiger partial charge in [0.2, 0.25) is 0 Å². The topological polar surface area (TPSA) is 53.2 Å². The van der Waals surface area contributed by atoms with Crippen LogP contribution in [0.25, 0.3) is 0 Å². The van der Waals surface area contributed by atoms with Crippen LogP contribution in [0.5, 0.6) is 0 Å². The second-order valence-corrected chi connectivity index (χ2v) is 4.99. The van der Waals surface area contributed by atoms with E-state index in [4.69, 9.17) is 0 Å². The summed E-state index contributed by atoms with van der Waals surface area (Å²) in [7, 11) is 0. The van der Waals surface area contributed by atoms with E-state index in [2.05, 4.69) is 16.0 Å². The summed E-state index contributed by atoms with van der Waals surface area (Å²) in [6.45, 7) is 2.98. The van der Waals surface area contributed by atoms with E-state index >= 15 is 0 Å². The molecule has 0 saturated heterocycles. The fraction of sp³-hybridized carbons (Fsp3) is 0.188. The van der Waals surface area contributed by atoms with Crippen LogP contribution in [0.3, 0.4) is 0 Å². The lowest BCUT2D eigenvalue weighted by Crippen LogP contribution is -2.19. The molecule has 0 unspecified atom stereocenters. The molecule has 0 atom stereocenters. The average Bonchev–Trinajstić information content (AvgIpc) is 2.89. The second-order valence-electron chi connectivity index (χ2n) is 4.99. The zero-order valence-electron chi connectivity index (χ0n) is 11.4. The molecular weight excluding hydrogens is 250 g/mol. The summed E-state index contributed by atoms with van der Waals surface area (Å²) < 4.78 is 0. The Morgan fingerprint density at radius 1 is 1.05 bits per heavy atom. The number of nitrogens with one attached hydrogen (secondary N) is 3. The van der Waals surface area contributed by atoms with Gasteiger partial charge in [0, 0.05) is 23.6 Å². The van der Waals surface area contributed by atoms with Crippen LogP contribution in [-0.2, 0) is 6.42 Å². The minimum Gasteiger partial charge on any atom is -0.384 e. The van der Waals surface area contributed by atoms with Gasteiger partial charge >= 0.3 is 6.03 Å². The van der Waals surface area contributed by atoms with Gasteiger partial charge < -0.3 is 16.0 Å². The maximum Gasteiger partial charge on any atom is 0.323 e. The minimum atomic E-state index is -0.222. The molecule has 0 fully saturated rings. The molecule has 2 aromatic rings. The summed E-state index contributed by atoms with van der Waals surface area (Å²) in [6, 6.07) is 13.4. The predicted octanol–water partition coefficient (Wildman–Crippen LogP) is 3.61.